The first kappa shape index (κ1) is 13.9. The second-order valence-electron chi connectivity index (χ2n) is 5.62. The zero-order valence-corrected chi connectivity index (χ0v) is 12.3. The fraction of sp³-hybridized carbons (Fsp3) is 0.562. The summed E-state index contributed by atoms with van der Waals surface area (Å²) in [6.07, 6.45) is 3.37. The van der Waals surface area contributed by atoms with Crippen LogP contribution < -0.4 is 4.74 Å². The molecule has 1 aliphatic rings. The van der Waals surface area contributed by atoms with Crippen LogP contribution in [0.15, 0.2) is 23.2 Å². The van der Waals surface area contributed by atoms with Crippen molar-refractivity contribution in [2.75, 3.05) is 13.7 Å². The summed E-state index contributed by atoms with van der Waals surface area (Å²) in [5.74, 6) is 1.58. The number of hydrogen-bond acceptors (Lipinski definition) is 3. The Hall–Kier alpha value is -1.51. The standard InChI is InChI=1S/C16H23NO2/c1-5-6-8-12-9-7-10-13(18-4)14(12)15-17-16(2,3)11-19-15/h7,9-10H,5-6,8,11H2,1-4H3. The molecule has 2 rings (SSSR count). The Balaban J connectivity index is 2.41. The minimum atomic E-state index is -0.141. The van der Waals surface area contributed by atoms with Gasteiger partial charge in [-0.3, -0.25) is 0 Å². The Morgan fingerprint density at radius 2 is 2.16 bits per heavy atom. The molecule has 0 fully saturated rings. The van der Waals surface area contributed by atoms with Crippen LogP contribution in [-0.4, -0.2) is 25.2 Å². The predicted molar refractivity (Wildman–Crippen MR) is 78.2 cm³/mol. The molecule has 0 spiro atoms. The van der Waals surface area contributed by atoms with Crippen LogP contribution in [-0.2, 0) is 11.2 Å². The average Bonchev–Trinajstić information content (AvgIpc) is 2.75. The van der Waals surface area contributed by atoms with Crippen LogP contribution in [0.2, 0.25) is 0 Å². The lowest BCUT2D eigenvalue weighted by Crippen LogP contribution is -2.17. The van der Waals surface area contributed by atoms with Gasteiger partial charge in [-0.2, -0.15) is 0 Å². The maximum absolute atomic E-state index is 5.79. The molecule has 0 unspecified atom stereocenters. The van der Waals surface area contributed by atoms with E-state index >= 15 is 0 Å². The molecule has 1 aliphatic heterocycles. The maximum atomic E-state index is 5.79. The highest BCUT2D eigenvalue weighted by atomic mass is 16.5. The number of hydrogen-bond donors (Lipinski definition) is 0. The van der Waals surface area contributed by atoms with E-state index in [0.717, 1.165) is 30.1 Å². The summed E-state index contributed by atoms with van der Waals surface area (Å²) in [5, 5.41) is 0. The molecular weight excluding hydrogens is 238 g/mol. The van der Waals surface area contributed by atoms with Gasteiger partial charge in [0.05, 0.1) is 18.2 Å². The van der Waals surface area contributed by atoms with Crippen molar-refractivity contribution in [2.24, 2.45) is 4.99 Å². The Morgan fingerprint density at radius 1 is 1.37 bits per heavy atom. The Morgan fingerprint density at radius 3 is 2.74 bits per heavy atom. The van der Waals surface area contributed by atoms with E-state index in [1.54, 1.807) is 7.11 Å². The van der Waals surface area contributed by atoms with Gasteiger partial charge in [0, 0.05) is 0 Å². The molecule has 0 radical (unpaired) electrons. The van der Waals surface area contributed by atoms with Gasteiger partial charge in [-0.05, 0) is 38.3 Å². The number of rotatable bonds is 5. The van der Waals surface area contributed by atoms with Crippen LogP contribution in [0.4, 0.5) is 0 Å². The van der Waals surface area contributed by atoms with E-state index in [4.69, 9.17) is 9.47 Å². The van der Waals surface area contributed by atoms with Crippen molar-refractivity contribution in [2.45, 2.75) is 45.6 Å². The van der Waals surface area contributed by atoms with Crippen LogP contribution in [0, 0.1) is 0 Å². The van der Waals surface area contributed by atoms with Crippen molar-refractivity contribution in [3.8, 4) is 5.75 Å². The van der Waals surface area contributed by atoms with Gasteiger partial charge >= 0.3 is 0 Å². The largest absolute Gasteiger partial charge is 0.496 e. The van der Waals surface area contributed by atoms with E-state index in [1.807, 2.05) is 12.1 Å². The van der Waals surface area contributed by atoms with Crippen molar-refractivity contribution in [3.05, 3.63) is 29.3 Å². The average molecular weight is 261 g/mol. The van der Waals surface area contributed by atoms with Gasteiger partial charge in [0.15, 0.2) is 0 Å². The highest BCUT2D eigenvalue weighted by Gasteiger charge is 2.29. The van der Waals surface area contributed by atoms with Gasteiger partial charge in [-0.15, -0.1) is 0 Å². The molecule has 0 saturated heterocycles. The Kier molecular flexibility index (Phi) is 4.13. The third-order valence-corrected chi connectivity index (χ3v) is 3.31. The minimum Gasteiger partial charge on any atom is -0.496 e. The molecule has 0 bridgehead atoms. The summed E-state index contributed by atoms with van der Waals surface area (Å²) in [7, 11) is 1.70. The van der Waals surface area contributed by atoms with E-state index in [1.165, 1.54) is 12.0 Å². The van der Waals surface area contributed by atoms with Crippen LogP contribution in [0.3, 0.4) is 0 Å². The van der Waals surface area contributed by atoms with Crippen LogP contribution >= 0.6 is 0 Å². The molecule has 0 amide bonds. The van der Waals surface area contributed by atoms with E-state index < -0.39 is 0 Å². The third kappa shape index (κ3) is 3.09. The molecule has 0 aliphatic carbocycles. The lowest BCUT2D eigenvalue weighted by Gasteiger charge is -2.13. The highest BCUT2D eigenvalue weighted by Crippen LogP contribution is 2.29. The molecule has 19 heavy (non-hydrogen) atoms. The van der Waals surface area contributed by atoms with Gasteiger partial charge in [-0.25, -0.2) is 4.99 Å². The SMILES string of the molecule is CCCCc1cccc(OC)c1C1=NC(C)(C)CO1. The van der Waals surface area contributed by atoms with Crippen molar-refractivity contribution in [1.29, 1.82) is 0 Å². The van der Waals surface area contributed by atoms with E-state index in [-0.39, 0.29) is 5.54 Å². The van der Waals surface area contributed by atoms with Gasteiger partial charge in [-0.1, -0.05) is 25.5 Å². The van der Waals surface area contributed by atoms with Gasteiger partial charge in [0.2, 0.25) is 5.90 Å². The number of methoxy groups -OCH3 is 1. The van der Waals surface area contributed by atoms with Crippen molar-refractivity contribution in [3.63, 3.8) is 0 Å². The number of ether oxygens (including phenoxy) is 2. The first-order valence-corrected chi connectivity index (χ1v) is 6.96. The van der Waals surface area contributed by atoms with Crippen LogP contribution in [0.1, 0.15) is 44.7 Å². The summed E-state index contributed by atoms with van der Waals surface area (Å²) >= 11 is 0. The molecule has 0 aromatic heterocycles. The van der Waals surface area contributed by atoms with Crippen molar-refractivity contribution >= 4 is 5.90 Å². The monoisotopic (exact) mass is 261 g/mol. The number of nitrogens with zero attached hydrogens (tertiary/aromatic N) is 1. The quantitative estimate of drug-likeness (QED) is 0.811. The molecular formula is C16H23NO2. The number of aryl methyl sites for hydroxylation is 1. The molecule has 3 heteroatoms. The van der Waals surface area contributed by atoms with E-state index in [0.29, 0.717) is 6.61 Å². The fourth-order valence-corrected chi connectivity index (χ4v) is 2.28. The van der Waals surface area contributed by atoms with Crippen molar-refractivity contribution in [1.82, 2.24) is 0 Å². The normalized spacial score (nSPS) is 16.9. The summed E-state index contributed by atoms with van der Waals surface area (Å²) < 4.78 is 11.3. The maximum Gasteiger partial charge on any atom is 0.220 e. The first-order valence-electron chi connectivity index (χ1n) is 6.96. The molecule has 1 heterocycles. The summed E-state index contributed by atoms with van der Waals surface area (Å²) in [5.41, 5.74) is 2.15. The Labute approximate surface area is 115 Å². The second kappa shape index (κ2) is 5.64. The highest BCUT2D eigenvalue weighted by molar-refractivity contribution is 5.99. The molecule has 3 nitrogen and oxygen atoms in total. The summed E-state index contributed by atoms with van der Waals surface area (Å²) in [6, 6.07) is 6.15. The summed E-state index contributed by atoms with van der Waals surface area (Å²) in [4.78, 5) is 4.68. The first-order chi connectivity index (χ1) is 9.07. The lowest BCUT2D eigenvalue weighted by atomic mass is 10.0. The second-order valence-corrected chi connectivity index (χ2v) is 5.62. The van der Waals surface area contributed by atoms with E-state index in [9.17, 15) is 0 Å². The van der Waals surface area contributed by atoms with Gasteiger partial charge < -0.3 is 9.47 Å². The van der Waals surface area contributed by atoms with E-state index in [2.05, 4.69) is 31.8 Å². The lowest BCUT2D eigenvalue weighted by molar-refractivity contribution is 0.278. The Bertz CT molecular complexity index is 478. The number of unbranched alkanes of at least 4 members (excludes halogenated alkanes) is 1. The molecule has 1 aromatic carbocycles. The smallest absolute Gasteiger partial charge is 0.220 e. The molecule has 104 valence electrons. The number of benzene rings is 1. The fourth-order valence-electron chi connectivity index (χ4n) is 2.28. The minimum absolute atomic E-state index is 0.141. The molecule has 1 aromatic rings. The molecule has 0 saturated carbocycles. The molecule has 0 N–H and O–H groups in total. The van der Waals surface area contributed by atoms with Crippen LogP contribution in [0.25, 0.3) is 0 Å². The van der Waals surface area contributed by atoms with Crippen molar-refractivity contribution < 1.29 is 9.47 Å². The van der Waals surface area contributed by atoms with Crippen LogP contribution in [0.5, 0.6) is 5.75 Å². The van der Waals surface area contributed by atoms with Gasteiger partial charge in [0.1, 0.15) is 12.4 Å². The zero-order valence-electron chi connectivity index (χ0n) is 12.3. The third-order valence-electron chi connectivity index (χ3n) is 3.31. The topological polar surface area (TPSA) is 30.8 Å². The predicted octanol–water partition coefficient (Wildman–Crippen LogP) is 3.59. The van der Waals surface area contributed by atoms with Gasteiger partial charge in [0.25, 0.3) is 0 Å². The summed E-state index contributed by atoms with van der Waals surface area (Å²) in [6.45, 7) is 7.00. The number of aliphatic imine (C=N–C) groups is 1. The molecule has 0 atom stereocenters. The zero-order chi connectivity index (χ0) is 13.9.